The van der Waals surface area contributed by atoms with Crippen LogP contribution in [0.4, 0.5) is 14.4 Å². The van der Waals surface area contributed by atoms with E-state index in [1.54, 1.807) is 72.8 Å². The molecule has 3 atom stereocenters. The summed E-state index contributed by atoms with van der Waals surface area (Å²) in [5.41, 5.74) is 8.74. The average Bonchev–Trinajstić information content (AvgIpc) is 3.30. The Balaban J connectivity index is 1.31. The van der Waals surface area contributed by atoms with E-state index in [0.29, 0.717) is 12.8 Å². The van der Waals surface area contributed by atoms with Crippen molar-refractivity contribution in [2.45, 2.75) is 76.5 Å². The number of primary amides is 1. The number of aliphatic imine (C=N–C) groups is 1. The Morgan fingerprint density at radius 3 is 1.44 bits per heavy atom. The molecule has 0 saturated carbocycles. The first-order valence-electron chi connectivity index (χ1n) is 20.3. The molecule has 334 valence electrons. The maximum atomic E-state index is 13.7. The Morgan fingerprint density at radius 1 is 0.540 bits per heavy atom. The standard InChI is InChI=1S/C45H53ClN8O9/c46-54-37(25-15-27-48-42(52-44(59)62-30-34-20-9-3-10-21-34)53-45(60)63-31-35-22-11-4-12-23-35)40(56)51-38(28-32-16-5-1-6-17-32)41(57)50-36(39(47)55)24-13-14-26-49-43(58)61-29-33-18-7-2-8-19-33/h1-12,16-23,36-38,54H,13-15,24-31H2,(H2,47,55)(H,49,58)(H,50,57)(H,51,56)(H2,48,52,53,59,60)/t36-,37+,38-/m0/s1. The van der Waals surface area contributed by atoms with Gasteiger partial charge in [0.15, 0.2) is 0 Å². The molecule has 4 aromatic rings. The highest BCUT2D eigenvalue weighted by Crippen LogP contribution is 2.09. The van der Waals surface area contributed by atoms with E-state index in [9.17, 15) is 28.8 Å². The van der Waals surface area contributed by atoms with Crippen LogP contribution < -0.4 is 37.2 Å². The van der Waals surface area contributed by atoms with Crippen molar-refractivity contribution >= 4 is 53.7 Å². The second kappa shape index (κ2) is 27.8. The molecule has 0 fully saturated rings. The number of halogens is 1. The molecule has 0 aliphatic rings. The summed E-state index contributed by atoms with van der Waals surface area (Å²) in [6, 6.07) is 33.0. The first-order valence-corrected chi connectivity index (χ1v) is 20.7. The SMILES string of the molecule is NC(=O)[C@H](CCCCNC(=O)OCc1ccccc1)NC(=O)[C@H](Cc1ccccc1)NC(=O)[C@@H](CCCN=C(NC(=O)OCc1ccccc1)NC(=O)OCc1ccccc1)NCl. The van der Waals surface area contributed by atoms with Crippen molar-refractivity contribution < 1.29 is 43.0 Å². The maximum absolute atomic E-state index is 13.7. The van der Waals surface area contributed by atoms with Gasteiger partial charge in [-0.2, -0.15) is 0 Å². The van der Waals surface area contributed by atoms with Gasteiger partial charge in [-0.1, -0.05) is 121 Å². The summed E-state index contributed by atoms with van der Waals surface area (Å²) in [6.07, 6.45) is -0.834. The number of rotatable bonds is 23. The van der Waals surface area contributed by atoms with Crippen molar-refractivity contribution in [1.82, 2.24) is 31.4 Å². The number of hydrogen-bond donors (Lipinski definition) is 7. The lowest BCUT2D eigenvalue weighted by Crippen LogP contribution is -2.56. The van der Waals surface area contributed by atoms with Crippen molar-refractivity contribution in [2.24, 2.45) is 10.7 Å². The molecule has 4 rings (SSSR count). The lowest BCUT2D eigenvalue weighted by Gasteiger charge is -2.24. The zero-order valence-electron chi connectivity index (χ0n) is 34.6. The molecule has 0 bridgehead atoms. The molecule has 17 nitrogen and oxygen atoms in total. The minimum Gasteiger partial charge on any atom is -0.445 e. The summed E-state index contributed by atoms with van der Waals surface area (Å²) >= 11 is 6.02. The Labute approximate surface area is 371 Å². The van der Waals surface area contributed by atoms with Gasteiger partial charge in [-0.15, -0.1) is 0 Å². The van der Waals surface area contributed by atoms with E-state index in [2.05, 4.69) is 36.4 Å². The van der Waals surface area contributed by atoms with Gasteiger partial charge >= 0.3 is 18.3 Å². The first-order chi connectivity index (χ1) is 30.6. The van der Waals surface area contributed by atoms with Crippen molar-refractivity contribution in [3.8, 4) is 0 Å². The second-order valence-corrected chi connectivity index (χ2v) is 14.3. The van der Waals surface area contributed by atoms with E-state index in [-0.39, 0.29) is 64.6 Å². The quantitative estimate of drug-likeness (QED) is 0.0175. The molecule has 0 aliphatic carbocycles. The third kappa shape index (κ3) is 19.5. The summed E-state index contributed by atoms with van der Waals surface area (Å²) in [7, 11) is 0. The van der Waals surface area contributed by atoms with Gasteiger partial charge in [0.25, 0.3) is 0 Å². The monoisotopic (exact) mass is 884 g/mol. The maximum Gasteiger partial charge on any atom is 0.414 e. The summed E-state index contributed by atoms with van der Waals surface area (Å²) in [5.74, 6) is -2.26. The molecule has 4 aromatic carbocycles. The number of carbonyl (C=O) groups is 6. The number of alkyl carbamates (subject to hydrolysis) is 3. The molecule has 0 unspecified atom stereocenters. The van der Waals surface area contributed by atoms with Gasteiger partial charge in [-0.3, -0.25) is 30.0 Å². The Bertz CT molecular complexity index is 2010. The number of nitrogens with one attached hydrogen (secondary N) is 6. The van der Waals surface area contributed by atoms with Crippen molar-refractivity contribution in [3.63, 3.8) is 0 Å². The topological polar surface area (TPSA) is 241 Å². The number of unbranched alkanes of at least 4 members (excludes halogenated alkanes) is 1. The van der Waals surface area contributed by atoms with Crippen LogP contribution in [0, 0.1) is 0 Å². The van der Waals surface area contributed by atoms with Crippen molar-refractivity contribution in [2.75, 3.05) is 13.1 Å². The molecular formula is C45H53ClN8O9. The number of carbonyl (C=O) groups excluding carboxylic acids is 6. The fraction of sp³-hybridized carbons (Fsp3) is 0.311. The minimum atomic E-state index is -1.13. The molecule has 0 saturated heterocycles. The molecule has 0 aliphatic heterocycles. The Morgan fingerprint density at radius 2 is 0.968 bits per heavy atom. The van der Waals surface area contributed by atoms with Crippen LogP contribution in [0.15, 0.2) is 126 Å². The highest BCUT2D eigenvalue weighted by molar-refractivity contribution is 6.15. The van der Waals surface area contributed by atoms with Crippen molar-refractivity contribution in [1.29, 1.82) is 0 Å². The van der Waals surface area contributed by atoms with Gasteiger partial charge in [-0.25, -0.2) is 19.2 Å². The fourth-order valence-corrected chi connectivity index (χ4v) is 6.08. The van der Waals surface area contributed by atoms with Crippen molar-refractivity contribution in [3.05, 3.63) is 144 Å². The number of benzene rings is 4. The average molecular weight is 885 g/mol. The van der Waals surface area contributed by atoms with Crippen LogP contribution in [0.1, 0.15) is 54.4 Å². The molecule has 0 radical (unpaired) electrons. The summed E-state index contributed by atoms with van der Waals surface area (Å²) in [5, 5.41) is 12.9. The molecule has 0 spiro atoms. The van der Waals surface area contributed by atoms with Gasteiger partial charge in [0, 0.05) is 19.5 Å². The van der Waals surface area contributed by atoms with Gasteiger partial charge < -0.3 is 35.9 Å². The Hall–Kier alpha value is -6.98. The van der Waals surface area contributed by atoms with E-state index in [0.717, 1.165) is 22.3 Å². The molecule has 8 N–H and O–H groups in total. The number of nitrogens with zero attached hydrogens (tertiary/aromatic N) is 1. The van der Waals surface area contributed by atoms with Crippen LogP contribution in [0.3, 0.4) is 0 Å². The van der Waals surface area contributed by atoms with Crippen LogP contribution in [0.25, 0.3) is 0 Å². The molecular weight excluding hydrogens is 832 g/mol. The Kier molecular flexibility index (Phi) is 21.5. The highest BCUT2D eigenvalue weighted by atomic mass is 35.5. The number of guanidine groups is 1. The molecule has 18 heteroatoms. The predicted molar refractivity (Wildman–Crippen MR) is 236 cm³/mol. The smallest absolute Gasteiger partial charge is 0.414 e. The largest absolute Gasteiger partial charge is 0.445 e. The van der Waals surface area contributed by atoms with E-state index in [1.807, 2.05) is 48.5 Å². The lowest BCUT2D eigenvalue weighted by atomic mass is 10.0. The van der Waals surface area contributed by atoms with Crippen LogP contribution in [-0.2, 0) is 54.8 Å². The van der Waals surface area contributed by atoms with Crippen LogP contribution in [0.2, 0.25) is 0 Å². The van der Waals surface area contributed by atoms with Crippen LogP contribution in [-0.4, -0.2) is 73.2 Å². The van der Waals surface area contributed by atoms with Crippen LogP contribution >= 0.6 is 11.8 Å². The van der Waals surface area contributed by atoms with E-state index in [1.165, 1.54) is 0 Å². The van der Waals surface area contributed by atoms with Gasteiger partial charge in [0.1, 0.15) is 37.9 Å². The summed E-state index contributed by atoms with van der Waals surface area (Å²) in [6.45, 7) is 0.344. The van der Waals surface area contributed by atoms with Gasteiger partial charge in [0.2, 0.25) is 23.7 Å². The zero-order chi connectivity index (χ0) is 45.1. The second-order valence-electron chi connectivity index (χ2n) is 14.1. The molecule has 0 heterocycles. The third-order valence-corrected chi connectivity index (χ3v) is 9.48. The van der Waals surface area contributed by atoms with Gasteiger partial charge in [-0.05, 0) is 66.1 Å². The zero-order valence-corrected chi connectivity index (χ0v) is 35.4. The predicted octanol–water partition coefficient (Wildman–Crippen LogP) is 4.88. The number of ether oxygens (including phenoxy) is 3. The van der Waals surface area contributed by atoms with E-state index in [4.69, 9.17) is 31.7 Å². The highest BCUT2D eigenvalue weighted by Gasteiger charge is 2.28. The molecule has 6 amide bonds. The third-order valence-electron chi connectivity index (χ3n) is 9.21. The number of hydrogen-bond acceptors (Lipinski definition) is 11. The fourth-order valence-electron chi connectivity index (χ4n) is 5.87. The summed E-state index contributed by atoms with van der Waals surface area (Å²) in [4.78, 5) is 83.8. The van der Waals surface area contributed by atoms with E-state index < -0.39 is 54.1 Å². The lowest BCUT2D eigenvalue weighted by molar-refractivity contribution is -0.132. The van der Waals surface area contributed by atoms with Gasteiger partial charge in [0.05, 0.1) is 0 Å². The number of nitrogens with two attached hydrogens (primary N) is 1. The molecule has 63 heavy (non-hydrogen) atoms. The number of amides is 6. The van der Waals surface area contributed by atoms with E-state index >= 15 is 0 Å². The molecule has 0 aromatic heterocycles. The normalized spacial score (nSPS) is 12.0. The minimum absolute atomic E-state index is 0.00816. The summed E-state index contributed by atoms with van der Waals surface area (Å²) < 4.78 is 15.8. The first kappa shape index (κ1) is 48.7. The van der Waals surface area contributed by atoms with Crippen LogP contribution in [0.5, 0.6) is 0 Å².